The number of hydrogen-bond donors (Lipinski definition) is 1. The number of nitrogens with one attached hydrogen (secondary N) is 1. The van der Waals surface area contributed by atoms with Gasteiger partial charge in [0, 0.05) is 48.8 Å². The molecule has 0 unspecified atom stereocenters. The number of nitriles is 1. The number of rotatable bonds is 9. The summed E-state index contributed by atoms with van der Waals surface area (Å²) in [5.41, 5.74) is -0.339. The molecule has 1 aliphatic heterocycles. The zero-order valence-corrected chi connectivity index (χ0v) is 35.8. The van der Waals surface area contributed by atoms with Gasteiger partial charge in [-0.05, 0) is 99.1 Å². The summed E-state index contributed by atoms with van der Waals surface area (Å²) in [6.07, 6.45) is -1.26. The van der Waals surface area contributed by atoms with Crippen molar-refractivity contribution in [2.75, 3.05) is 13.2 Å². The summed E-state index contributed by atoms with van der Waals surface area (Å²) < 4.78 is 23.0. The largest absolute Gasteiger partial charge is 0.465 e. The van der Waals surface area contributed by atoms with E-state index >= 15 is 0 Å². The Morgan fingerprint density at radius 1 is 0.850 bits per heavy atom. The lowest BCUT2D eigenvalue weighted by Crippen LogP contribution is -2.50. The van der Waals surface area contributed by atoms with E-state index in [1.807, 2.05) is 0 Å². The van der Waals surface area contributed by atoms with Crippen LogP contribution >= 0.6 is 0 Å². The van der Waals surface area contributed by atoms with Crippen LogP contribution in [0.2, 0.25) is 0 Å². The third-order valence-corrected chi connectivity index (χ3v) is 8.30. The molecule has 1 N–H and O–H groups in total. The molecule has 1 aromatic heterocycles. The molecule has 60 heavy (non-hydrogen) atoms. The molecule has 0 bridgehead atoms. The van der Waals surface area contributed by atoms with Crippen LogP contribution in [-0.2, 0) is 54.5 Å². The molecular weight excluding hydrogens is 775 g/mol. The van der Waals surface area contributed by atoms with Crippen LogP contribution in [0, 0.1) is 11.3 Å². The first-order chi connectivity index (χ1) is 27.9. The van der Waals surface area contributed by atoms with Crippen molar-refractivity contribution in [2.45, 2.75) is 118 Å². The summed E-state index contributed by atoms with van der Waals surface area (Å²) in [6.45, 7) is 16.8. The molecule has 320 valence electrons. The Morgan fingerprint density at radius 2 is 1.42 bits per heavy atom. The SMILES string of the molecule is CCOC(=O)Cn1cc2c(n1)CCN(C(=O)[C@H](Cc1ccc(C#N)cc1)NC(=O)c1ccc(C(=NC(=O)OC(C)(C)C)N(C(=O)OC(C)(C)C)C(=O)OC(C)(C)C)cc1)C2. The lowest BCUT2D eigenvalue weighted by Gasteiger charge is -2.30. The van der Waals surface area contributed by atoms with Crippen LogP contribution in [0.4, 0.5) is 14.4 Å². The van der Waals surface area contributed by atoms with Crippen molar-refractivity contribution in [3.63, 3.8) is 0 Å². The maximum atomic E-state index is 14.2. The highest BCUT2D eigenvalue weighted by Crippen LogP contribution is 2.22. The number of carbonyl (C=O) groups excluding carboxylic acids is 6. The van der Waals surface area contributed by atoms with E-state index in [0.29, 0.717) is 29.0 Å². The molecule has 17 heteroatoms. The number of nitrogens with zero attached hydrogens (tertiary/aromatic N) is 6. The Morgan fingerprint density at radius 3 is 1.95 bits per heavy atom. The van der Waals surface area contributed by atoms with E-state index in [9.17, 15) is 34.0 Å². The molecule has 1 aliphatic rings. The number of benzene rings is 2. The normalized spacial score (nSPS) is 13.6. The third kappa shape index (κ3) is 13.5. The highest BCUT2D eigenvalue weighted by Gasteiger charge is 2.37. The first kappa shape index (κ1) is 46.1. The topological polar surface area (TPSA) is 212 Å². The van der Waals surface area contributed by atoms with Crippen molar-refractivity contribution in [1.29, 1.82) is 5.26 Å². The summed E-state index contributed by atoms with van der Waals surface area (Å²) in [7, 11) is 0. The number of amidine groups is 1. The standard InChI is InChI=1S/C43H53N7O10/c1-11-57-34(51)26-49-25-31-24-48(21-20-32(31)47-49)37(53)33(22-27-12-14-28(23-44)15-13-27)45-36(52)30-18-16-29(17-19-30)35(46-38(54)58-41(2,3)4)50(39(55)59-42(5,6)7)40(56)60-43(8,9)10/h12-19,25,33H,11,20-22,24,26H2,1-10H3,(H,45,52)/t33-/m0/s1. The van der Waals surface area contributed by atoms with Crippen molar-refractivity contribution in [1.82, 2.24) is 24.9 Å². The molecule has 3 aromatic rings. The van der Waals surface area contributed by atoms with Gasteiger partial charge >= 0.3 is 24.2 Å². The van der Waals surface area contributed by atoms with Gasteiger partial charge in [-0.3, -0.25) is 19.1 Å². The van der Waals surface area contributed by atoms with Gasteiger partial charge in [0.1, 0.15) is 29.4 Å². The molecule has 2 heterocycles. The molecule has 5 amide bonds. The number of hydrogen-bond acceptors (Lipinski definition) is 12. The molecule has 0 spiro atoms. The number of fused-ring (bicyclic) bond motifs is 1. The van der Waals surface area contributed by atoms with E-state index in [2.05, 4.69) is 21.5 Å². The second-order valence-corrected chi connectivity index (χ2v) is 16.9. The van der Waals surface area contributed by atoms with Gasteiger partial charge in [0.2, 0.25) is 5.91 Å². The van der Waals surface area contributed by atoms with Crippen LogP contribution < -0.4 is 5.32 Å². The molecule has 0 fully saturated rings. The summed E-state index contributed by atoms with van der Waals surface area (Å²) in [5.74, 6) is -1.91. The first-order valence-electron chi connectivity index (χ1n) is 19.4. The molecule has 2 aromatic carbocycles. The van der Waals surface area contributed by atoms with Crippen LogP contribution in [0.5, 0.6) is 0 Å². The van der Waals surface area contributed by atoms with Crippen LogP contribution in [0.1, 0.15) is 108 Å². The van der Waals surface area contributed by atoms with Gasteiger partial charge in [0.25, 0.3) is 5.91 Å². The number of imide groups is 1. The first-order valence-corrected chi connectivity index (χ1v) is 19.4. The van der Waals surface area contributed by atoms with Gasteiger partial charge in [0.15, 0.2) is 5.84 Å². The number of aliphatic imine (C=N–C) groups is 1. The smallest absolute Gasteiger partial charge is 0.436 e. The lowest BCUT2D eigenvalue weighted by atomic mass is 10.0. The van der Waals surface area contributed by atoms with E-state index < -0.39 is 58.8 Å². The molecular formula is C43H53N7O10. The highest BCUT2D eigenvalue weighted by atomic mass is 16.6. The fraction of sp³-hybridized carbons (Fsp3) is 0.465. The van der Waals surface area contributed by atoms with Gasteiger partial charge in [-0.2, -0.15) is 20.3 Å². The monoisotopic (exact) mass is 827 g/mol. The minimum Gasteiger partial charge on any atom is -0.465 e. The van der Waals surface area contributed by atoms with Crippen molar-refractivity contribution in [3.8, 4) is 6.07 Å². The maximum Gasteiger partial charge on any atom is 0.436 e. The number of aromatic nitrogens is 2. The lowest BCUT2D eigenvalue weighted by molar-refractivity contribution is -0.144. The number of ether oxygens (including phenoxy) is 4. The van der Waals surface area contributed by atoms with Crippen LogP contribution in [0.15, 0.2) is 59.7 Å². The van der Waals surface area contributed by atoms with E-state index in [-0.39, 0.29) is 43.2 Å². The van der Waals surface area contributed by atoms with Gasteiger partial charge in [0.05, 0.1) is 23.9 Å². The van der Waals surface area contributed by atoms with Gasteiger partial charge < -0.3 is 29.2 Å². The zero-order chi connectivity index (χ0) is 44.6. The molecule has 0 radical (unpaired) electrons. The van der Waals surface area contributed by atoms with Crippen LogP contribution in [0.3, 0.4) is 0 Å². The highest BCUT2D eigenvalue weighted by molar-refractivity contribution is 6.18. The maximum absolute atomic E-state index is 14.2. The quantitative estimate of drug-likeness (QED) is 0.112. The molecule has 0 saturated heterocycles. The minimum atomic E-state index is -1.18. The number of amides is 5. The second-order valence-electron chi connectivity index (χ2n) is 16.9. The van der Waals surface area contributed by atoms with E-state index in [0.717, 1.165) is 11.3 Å². The predicted octanol–water partition coefficient (Wildman–Crippen LogP) is 6.10. The van der Waals surface area contributed by atoms with E-state index in [1.54, 1.807) is 105 Å². The Kier molecular flexibility index (Phi) is 14.6. The van der Waals surface area contributed by atoms with Crippen molar-refractivity contribution in [3.05, 3.63) is 88.2 Å². The Hall–Kier alpha value is -6.57. The second kappa shape index (κ2) is 19.0. The predicted molar refractivity (Wildman–Crippen MR) is 218 cm³/mol. The Balaban J connectivity index is 1.67. The average molecular weight is 828 g/mol. The van der Waals surface area contributed by atoms with Crippen molar-refractivity contribution >= 4 is 41.9 Å². The summed E-state index contributed by atoms with van der Waals surface area (Å²) in [4.78, 5) is 86.6. The van der Waals surface area contributed by atoms with Gasteiger partial charge in [-0.15, -0.1) is 0 Å². The van der Waals surface area contributed by atoms with Crippen LogP contribution in [0.25, 0.3) is 0 Å². The fourth-order valence-electron chi connectivity index (χ4n) is 5.84. The van der Waals surface area contributed by atoms with Gasteiger partial charge in [-0.25, -0.2) is 14.4 Å². The summed E-state index contributed by atoms with van der Waals surface area (Å²) in [5, 5.41) is 16.6. The number of esters is 1. The Bertz CT molecular complexity index is 2120. The van der Waals surface area contributed by atoms with Crippen molar-refractivity contribution < 1.29 is 47.7 Å². The zero-order valence-electron chi connectivity index (χ0n) is 35.8. The summed E-state index contributed by atoms with van der Waals surface area (Å²) in [6, 6.07) is 13.2. The van der Waals surface area contributed by atoms with Gasteiger partial charge in [-0.1, -0.05) is 24.3 Å². The summed E-state index contributed by atoms with van der Waals surface area (Å²) >= 11 is 0. The van der Waals surface area contributed by atoms with Crippen molar-refractivity contribution in [2.24, 2.45) is 4.99 Å². The fourth-order valence-corrected chi connectivity index (χ4v) is 5.84. The minimum absolute atomic E-state index is 0.0481. The molecule has 17 nitrogen and oxygen atoms in total. The van der Waals surface area contributed by atoms with E-state index in [1.165, 1.54) is 28.9 Å². The Labute approximate surface area is 349 Å². The average Bonchev–Trinajstić information content (AvgIpc) is 3.53. The molecule has 0 saturated carbocycles. The van der Waals surface area contributed by atoms with E-state index in [4.69, 9.17) is 18.9 Å². The number of carbonyl (C=O) groups is 6. The third-order valence-electron chi connectivity index (χ3n) is 8.30. The molecule has 1 atom stereocenters. The molecule has 0 aliphatic carbocycles. The van der Waals surface area contributed by atoms with Crippen LogP contribution in [-0.4, -0.2) is 97.5 Å². The molecule has 4 rings (SSSR count).